The average Bonchev–Trinajstić information content (AvgIpc) is 3.35. The van der Waals surface area contributed by atoms with E-state index in [4.69, 9.17) is 0 Å². The summed E-state index contributed by atoms with van der Waals surface area (Å²) in [4.78, 5) is 0. The summed E-state index contributed by atoms with van der Waals surface area (Å²) in [6.07, 6.45) is 2.53. The molecule has 0 fully saturated rings. The molecule has 0 saturated heterocycles. The molecule has 2 heteroatoms. The fourth-order valence-electron chi connectivity index (χ4n) is 6.07. The van der Waals surface area contributed by atoms with E-state index < -0.39 is 25.8 Å². The van der Waals surface area contributed by atoms with Gasteiger partial charge in [0, 0.05) is 0 Å². The van der Waals surface area contributed by atoms with Crippen molar-refractivity contribution in [1.82, 2.24) is 0 Å². The van der Waals surface area contributed by atoms with Crippen LogP contribution in [-0.4, -0.2) is 5.43 Å². The molecular formula is C31H28SiZr. The zero-order valence-electron chi connectivity index (χ0n) is 19.5. The zero-order chi connectivity index (χ0) is 22.5. The first-order chi connectivity index (χ1) is 16.1. The fraction of sp³-hybridized carbons (Fsp3) is 0.161. The second-order valence-corrected chi connectivity index (χ2v) is 27.4. The van der Waals surface area contributed by atoms with E-state index in [1.807, 2.05) is 0 Å². The molecule has 0 saturated carbocycles. The molecule has 6 rings (SSSR count). The second-order valence-electron chi connectivity index (χ2n) is 9.56. The normalized spacial score (nSPS) is 16.1. The number of hydrogen-bond acceptors (Lipinski definition) is 0. The van der Waals surface area contributed by atoms with Crippen LogP contribution in [0.1, 0.15) is 36.4 Å². The van der Waals surface area contributed by atoms with E-state index in [0.717, 1.165) is 0 Å². The zero-order valence-corrected chi connectivity index (χ0v) is 22.9. The Morgan fingerprint density at radius 3 is 1.76 bits per heavy atom. The van der Waals surface area contributed by atoms with Crippen molar-refractivity contribution in [3.8, 4) is 22.3 Å². The maximum absolute atomic E-state index is 2.61. The average molecular weight is 520 g/mol. The number of allylic oxidation sites excluding steroid dienone is 1. The maximum atomic E-state index is 2.61. The minimum atomic E-state index is -2.04. The molecule has 160 valence electrons. The molecule has 0 nitrogen and oxygen atoms in total. The van der Waals surface area contributed by atoms with E-state index in [1.54, 1.807) is 22.3 Å². The standard InChI is InChI=1S/C16H13.C13H9.C2H6Si.Zr/c1-12-10-14-8-5-9-15(16(14)11-12)13-6-3-2-4-7-13;1-3-7-12-10(5-1)9-11-6-2-4-8-13(11)12;1-3-2;/h2-11H,1H3;1-9H;1-2H3;. The van der Waals surface area contributed by atoms with E-state index in [1.165, 1.54) is 27.8 Å². The Hall–Kier alpha value is -2.28. The predicted octanol–water partition coefficient (Wildman–Crippen LogP) is 8.45. The molecule has 4 aromatic rings. The van der Waals surface area contributed by atoms with E-state index in [9.17, 15) is 0 Å². The van der Waals surface area contributed by atoms with Gasteiger partial charge >= 0.3 is 206 Å². The van der Waals surface area contributed by atoms with Crippen molar-refractivity contribution >= 4 is 11.5 Å². The Morgan fingerprint density at radius 2 is 1.12 bits per heavy atom. The Bertz CT molecular complexity index is 1400. The Morgan fingerprint density at radius 1 is 0.576 bits per heavy atom. The van der Waals surface area contributed by atoms with Crippen LogP contribution in [0.25, 0.3) is 28.3 Å². The van der Waals surface area contributed by atoms with Gasteiger partial charge in [0.1, 0.15) is 0 Å². The Balaban J connectivity index is 1.55. The van der Waals surface area contributed by atoms with E-state index >= 15 is 0 Å². The van der Waals surface area contributed by atoms with Gasteiger partial charge in [-0.05, 0) is 0 Å². The molecule has 0 N–H and O–H groups in total. The molecule has 0 bridgehead atoms. The van der Waals surface area contributed by atoms with Crippen LogP contribution < -0.4 is 0 Å². The molecule has 2 aliphatic rings. The molecule has 0 radical (unpaired) electrons. The topological polar surface area (TPSA) is 0 Å². The summed E-state index contributed by atoms with van der Waals surface area (Å²) in [5.41, 5.74) is 13.2. The quantitative estimate of drug-likeness (QED) is 0.238. The van der Waals surface area contributed by atoms with Crippen molar-refractivity contribution in [2.45, 2.75) is 27.3 Å². The summed E-state index contributed by atoms with van der Waals surface area (Å²) in [5, 5.41) is 0. The molecule has 33 heavy (non-hydrogen) atoms. The van der Waals surface area contributed by atoms with Crippen LogP contribution in [0.2, 0.25) is 13.1 Å². The summed E-state index contributed by atoms with van der Waals surface area (Å²) < 4.78 is 1.32. The molecule has 1 unspecified atom stereocenters. The molecular weight excluding hydrogens is 492 g/mol. The second kappa shape index (κ2) is 8.49. The van der Waals surface area contributed by atoms with Crippen LogP contribution in [0.5, 0.6) is 0 Å². The van der Waals surface area contributed by atoms with Gasteiger partial charge in [0.05, 0.1) is 0 Å². The van der Waals surface area contributed by atoms with Gasteiger partial charge in [-0.3, -0.25) is 0 Å². The van der Waals surface area contributed by atoms with Gasteiger partial charge in [-0.25, -0.2) is 0 Å². The minimum absolute atomic E-state index is 0.417. The number of rotatable bonds is 3. The van der Waals surface area contributed by atoms with Gasteiger partial charge < -0.3 is 0 Å². The summed E-state index contributed by atoms with van der Waals surface area (Å²) in [5.74, 6) is 0. The molecule has 0 spiro atoms. The van der Waals surface area contributed by atoms with Crippen molar-refractivity contribution in [3.05, 3.63) is 125 Å². The van der Waals surface area contributed by atoms with Crippen molar-refractivity contribution in [1.29, 1.82) is 0 Å². The van der Waals surface area contributed by atoms with Crippen molar-refractivity contribution in [3.63, 3.8) is 0 Å². The molecule has 0 aliphatic heterocycles. The fourth-order valence-corrected chi connectivity index (χ4v) is 26.4. The third kappa shape index (κ3) is 3.42. The number of fused-ring (bicyclic) bond motifs is 4. The monoisotopic (exact) mass is 518 g/mol. The van der Waals surface area contributed by atoms with Crippen LogP contribution in [0.15, 0.2) is 103 Å². The van der Waals surface area contributed by atoms with Crippen LogP contribution in [0.4, 0.5) is 0 Å². The van der Waals surface area contributed by atoms with Crippen molar-refractivity contribution in [2.24, 2.45) is 0 Å². The van der Waals surface area contributed by atoms with Crippen LogP contribution in [-0.2, 0) is 20.4 Å². The molecule has 0 amide bonds. The van der Waals surface area contributed by atoms with Gasteiger partial charge in [0.25, 0.3) is 0 Å². The molecule has 2 aliphatic carbocycles. The van der Waals surface area contributed by atoms with E-state index in [-0.39, 0.29) is 0 Å². The first-order valence-corrected chi connectivity index (χ1v) is 20.9. The van der Waals surface area contributed by atoms with E-state index in [0.29, 0.717) is 7.25 Å². The molecule has 0 heterocycles. The summed E-state index contributed by atoms with van der Waals surface area (Å²) in [6, 6.07) is 36.5. The molecule has 0 aromatic heterocycles. The number of hydrogen-bond donors (Lipinski definition) is 0. The van der Waals surface area contributed by atoms with E-state index in [2.05, 4.69) is 123 Å². The van der Waals surface area contributed by atoms with Crippen LogP contribution >= 0.6 is 0 Å². The van der Waals surface area contributed by atoms with Gasteiger partial charge in [-0.1, -0.05) is 0 Å². The first-order valence-electron chi connectivity index (χ1n) is 11.9. The molecule has 4 aromatic carbocycles. The van der Waals surface area contributed by atoms with Crippen LogP contribution in [0, 0.1) is 0 Å². The predicted molar refractivity (Wildman–Crippen MR) is 139 cm³/mol. The summed E-state index contributed by atoms with van der Waals surface area (Å²) in [7, 11) is 0. The first kappa shape index (κ1) is 21.3. The third-order valence-electron chi connectivity index (χ3n) is 7.40. The van der Waals surface area contributed by atoms with Gasteiger partial charge in [-0.15, -0.1) is 0 Å². The summed E-state index contributed by atoms with van der Waals surface area (Å²) >= 11 is -2.04. The SMILES string of the molecule is CC1=Cc2c(-c3ccccc3)cccc2[CH]1[Zr]([CH]1c2ccccc2-c2ccccc21)=[Si](C)C. The summed E-state index contributed by atoms with van der Waals surface area (Å²) in [6.45, 7) is 7.63. The van der Waals surface area contributed by atoms with Gasteiger partial charge in [-0.2, -0.15) is 0 Å². The Kier molecular flexibility index (Phi) is 5.47. The number of benzene rings is 4. The molecule has 1 atom stereocenters. The van der Waals surface area contributed by atoms with Gasteiger partial charge in [0.15, 0.2) is 0 Å². The van der Waals surface area contributed by atoms with Crippen molar-refractivity contribution in [2.75, 3.05) is 0 Å². The van der Waals surface area contributed by atoms with Gasteiger partial charge in [0.2, 0.25) is 0 Å². The Labute approximate surface area is 205 Å². The third-order valence-corrected chi connectivity index (χ3v) is 27.0. The van der Waals surface area contributed by atoms with Crippen LogP contribution in [0.3, 0.4) is 0 Å². The van der Waals surface area contributed by atoms with Crippen molar-refractivity contribution < 1.29 is 20.4 Å².